The van der Waals surface area contributed by atoms with Crippen LogP contribution in [-0.2, 0) is 16.6 Å². The van der Waals surface area contributed by atoms with Crippen molar-refractivity contribution >= 4 is 27.5 Å². The second kappa shape index (κ2) is 8.20. The van der Waals surface area contributed by atoms with E-state index in [1.165, 1.54) is 18.2 Å². The van der Waals surface area contributed by atoms with E-state index in [-0.39, 0.29) is 21.4 Å². The normalized spacial score (nSPS) is 12.2. The van der Waals surface area contributed by atoms with Crippen molar-refractivity contribution in [3.63, 3.8) is 0 Å². The van der Waals surface area contributed by atoms with Crippen LogP contribution in [0, 0.1) is 0 Å². The molecule has 0 radical (unpaired) electrons. The van der Waals surface area contributed by atoms with Crippen LogP contribution < -0.4 is 10.0 Å². The molecule has 1 amide bonds. The fourth-order valence-electron chi connectivity index (χ4n) is 2.29. The van der Waals surface area contributed by atoms with Crippen LogP contribution in [-0.4, -0.2) is 36.2 Å². The van der Waals surface area contributed by atoms with E-state index in [9.17, 15) is 13.2 Å². The Bertz CT molecular complexity index is 859. The van der Waals surface area contributed by atoms with Crippen LogP contribution in [0.3, 0.4) is 0 Å². The second-order valence-electron chi connectivity index (χ2n) is 6.88. The highest BCUT2D eigenvalue weighted by Crippen LogP contribution is 2.24. The van der Waals surface area contributed by atoms with E-state index in [2.05, 4.69) is 15.1 Å². The van der Waals surface area contributed by atoms with Crippen molar-refractivity contribution in [2.45, 2.75) is 44.2 Å². The van der Waals surface area contributed by atoms with Crippen LogP contribution in [0.15, 0.2) is 41.6 Å². The average Bonchev–Trinajstić information content (AvgIpc) is 3.02. The number of carbonyl (C=O) groups is 1. The van der Waals surface area contributed by atoms with Gasteiger partial charge in [-0.05, 0) is 51.5 Å². The number of rotatable bonds is 7. The van der Waals surface area contributed by atoms with Gasteiger partial charge in [-0.1, -0.05) is 11.6 Å². The summed E-state index contributed by atoms with van der Waals surface area (Å²) in [6, 6.07) is 6.04. The molecule has 0 aliphatic carbocycles. The Labute approximate surface area is 158 Å². The molecular weight excluding hydrogens is 376 g/mol. The van der Waals surface area contributed by atoms with Crippen LogP contribution in [0.4, 0.5) is 0 Å². The molecule has 2 rings (SSSR count). The SMILES string of the molecule is CC(C)(C)NS(=O)(=O)c1cc(C(=O)NCCCn2cccn2)ccc1Cl. The summed E-state index contributed by atoms with van der Waals surface area (Å²) < 4.78 is 29.3. The summed E-state index contributed by atoms with van der Waals surface area (Å²) in [5.41, 5.74) is -0.421. The number of halogens is 1. The van der Waals surface area contributed by atoms with Gasteiger partial charge in [0, 0.05) is 36.6 Å². The predicted molar refractivity (Wildman–Crippen MR) is 101 cm³/mol. The molecule has 2 N–H and O–H groups in total. The van der Waals surface area contributed by atoms with Crippen molar-refractivity contribution < 1.29 is 13.2 Å². The van der Waals surface area contributed by atoms with Gasteiger partial charge in [-0.2, -0.15) is 5.10 Å². The molecule has 0 saturated carbocycles. The van der Waals surface area contributed by atoms with Gasteiger partial charge >= 0.3 is 0 Å². The first-order chi connectivity index (χ1) is 12.1. The highest BCUT2D eigenvalue weighted by molar-refractivity contribution is 7.89. The summed E-state index contributed by atoms with van der Waals surface area (Å²) in [6.07, 6.45) is 4.25. The van der Waals surface area contributed by atoms with Gasteiger partial charge in [-0.3, -0.25) is 9.48 Å². The van der Waals surface area contributed by atoms with Crippen molar-refractivity contribution in [3.05, 3.63) is 47.2 Å². The van der Waals surface area contributed by atoms with Crippen molar-refractivity contribution in [1.29, 1.82) is 0 Å². The summed E-state index contributed by atoms with van der Waals surface area (Å²) >= 11 is 6.04. The van der Waals surface area contributed by atoms with Gasteiger partial charge in [0.05, 0.1) is 5.02 Å². The van der Waals surface area contributed by atoms with Gasteiger partial charge in [0.2, 0.25) is 10.0 Å². The monoisotopic (exact) mass is 398 g/mol. The molecule has 0 bridgehead atoms. The van der Waals surface area contributed by atoms with Gasteiger partial charge in [-0.25, -0.2) is 13.1 Å². The number of amides is 1. The molecule has 2 aromatic rings. The van der Waals surface area contributed by atoms with Crippen LogP contribution in [0.2, 0.25) is 5.02 Å². The molecule has 26 heavy (non-hydrogen) atoms. The zero-order chi connectivity index (χ0) is 19.4. The summed E-state index contributed by atoms with van der Waals surface area (Å²) in [5.74, 6) is -0.352. The smallest absolute Gasteiger partial charge is 0.251 e. The fraction of sp³-hybridized carbons (Fsp3) is 0.412. The van der Waals surface area contributed by atoms with Crippen molar-refractivity contribution in [2.75, 3.05) is 6.54 Å². The van der Waals surface area contributed by atoms with Crippen molar-refractivity contribution in [2.24, 2.45) is 0 Å². The third kappa shape index (κ3) is 5.82. The predicted octanol–water partition coefficient (Wildman–Crippen LogP) is 2.43. The molecule has 0 aliphatic rings. The lowest BCUT2D eigenvalue weighted by Gasteiger charge is -2.21. The molecule has 1 heterocycles. The highest BCUT2D eigenvalue weighted by Gasteiger charge is 2.25. The van der Waals surface area contributed by atoms with E-state index in [4.69, 9.17) is 11.6 Å². The van der Waals surface area contributed by atoms with E-state index in [0.717, 1.165) is 0 Å². The summed E-state index contributed by atoms with van der Waals surface area (Å²) in [4.78, 5) is 12.2. The van der Waals surface area contributed by atoms with E-state index in [1.807, 2.05) is 12.3 Å². The number of hydrogen-bond acceptors (Lipinski definition) is 4. The zero-order valence-electron chi connectivity index (χ0n) is 15.0. The largest absolute Gasteiger partial charge is 0.352 e. The molecule has 1 aromatic carbocycles. The second-order valence-corrected chi connectivity index (χ2v) is 8.94. The quantitative estimate of drug-likeness (QED) is 0.700. The van der Waals surface area contributed by atoms with Crippen LogP contribution in [0.25, 0.3) is 0 Å². The fourth-order valence-corrected chi connectivity index (χ4v) is 4.23. The van der Waals surface area contributed by atoms with Gasteiger partial charge < -0.3 is 5.32 Å². The lowest BCUT2D eigenvalue weighted by molar-refractivity contribution is 0.0952. The Morgan fingerprint density at radius 1 is 1.31 bits per heavy atom. The van der Waals surface area contributed by atoms with Gasteiger partial charge in [0.1, 0.15) is 4.90 Å². The Morgan fingerprint density at radius 2 is 2.04 bits per heavy atom. The summed E-state index contributed by atoms with van der Waals surface area (Å²) in [6.45, 7) is 6.32. The molecule has 1 aromatic heterocycles. The van der Waals surface area contributed by atoms with Gasteiger partial charge in [-0.15, -0.1) is 0 Å². The number of nitrogens with zero attached hydrogens (tertiary/aromatic N) is 2. The zero-order valence-corrected chi connectivity index (χ0v) is 16.6. The highest BCUT2D eigenvalue weighted by atomic mass is 35.5. The molecular formula is C17H23ClN4O3S. The van der Waals surface area contributed by atoms with E-state index in [1.54, 1.807) is 31.6 Å². The topological polar surface area (TPSA) is 93.1 Å². The Hall–Kier alpha value is -1.90. The Morgan fingerprint density at radius 3 is 2.65 bits per heavy atom. The minimum absolute atomic E-state index is 0.0667. The first-order valence-corrected chi connectivity index (χ1v) is 10.0. The molecule has 142 valence electrons. The number of aryl methyl sites for hydroxylation is 1. The average molecular weight is 399 g/mol. The lowest BCUT2D eigenvalue weighted by Crippen LogP contribution is -2.40. The molecule has 0 saturated heterocycles. The molecule has 0 fully saturated rings. The molecule has 0 spiro atoms. The maximum atomic E-state index is 12.5. The van der Waals surface area contributed by atoms with E-state index < -0.39 is 15.6 Å². The van der Waals surface area contributed by atoms with E-state index in [0.29, 0.717) is 19.5 Å². The van der Waals surface area contributed by atoms with Crippen LogP contribution in [0.5, 0.6) is 0 Å². The van der Waals surface area contributed by atoms with Gasteiger partial charge in [0.25, 0.3) is 5.91 Å². The summed E-state index contributed by atoms with van der Waals surface area (Å²) in [5, 5.41) is 6.92. The summed E-state index contributed by atoms with van der Waals surface area (Å²) in [7, 11) is -3.83. The number of nitrogens with one attached hydrogen (secondary N) is 2. The third-order valence-electron chi connectivity index (χ3n) is 3.33. The minimum atomic E-state index is -3.83. The van der Waals surface area contributed by atoms with Gasteiger partial charge in [0.15, 0.2) is 0 Å². The standard InChI is InChI=1S/C17H23ClN4O3S/c1-17(2,3)21-26(24,25)15-12-13(6-7-14(15)18)16(23)19-8-4-10-22-11-5-9-20-22/h5-7,9,11-12,21H,4,8,10H2,1-3H3,(H,19,23). The number of benzene rings is 1. The van der Waals surface area contributed by atoms with E-state index >= 15 is 0 Å². The van der Waals surface area contributed by atoms with Crippen LogP contribution >= 0.6 is 11.6 Å². The third-order valence-corrected chi connectivity index (χ3v) is 5.57. The van der Waals surface area contributed by atoms with Crippen molar-refractivity contribution in [3.8, 4) is 0 Å². The minimum Gasteiger partial charge on any atom is -0.352 e. The lowest BCUT2D eigenvalue weighted by atomic mass is 10.1. The first kappa shape index (κ1) is 20.4. The Balaban J connectivity index is 2.04. The first-order valence-electron chi connectivity index (χ1n) is 8.18. The number of aromatic nitrogens is 2. The van der Waals surface area contributed by atoms with Crippen LogP contribution in [0.1, 0.15) is 37.6 Å². The van der Waals surface area contributed by atoms with Crippen molar-refractivity contribution in [1.82, 2.24) is 19.8 Å². The number of hydrogen-bond donors (Lipinski definition) is 2. The molecule has 0 aliphatic heterocycles. The Kier molecular flexibility index (Phi) is 6.44. The molecule has 9 heteroatoms. The molecule has 0 atom stereocenters. The maximum absolute atomic E-state index is 12.5. The molecule has 7 nitrogen and oxygen atoms in total. The number of sulfonamides is 1. The maximum Gasteiger partial charge on any atom is 0.251 e. The number of carbonyl (C=O) groups excluding carboxylic acids is 1. The molecule has 0 unspecified atom stereocenters.